The molecule has 1 fully saturated rings. The summed E-state index contributed by atoms with van der Waals surface area (Å²) in [6.45, 7) is 5.88. The zero-order chi connectivity index (χ0) is 13.0. The number of ether oxygens (including phenoxy) is 1. The second-order valence-electron chi connectivity index (χ2n) is 4.52. The van der Waals surface area contributed by atoms with Crippen LogP contribution < -0.4 is 10.6 Å². The molecule has 0 spiro atoms. The lowest BCUT2D eigenvalue weighted by molar-refractivity contribution is -0.120. The zero-order valence-electron chi connectivity index (χ0n) is 10.8. The van der Waals surface area contributed by atoms with Gasteiger partial charge in [-0.2, -0.15) is 0 Å². The number of aromatic nitrogens is 1. The van der Waals surface area contributed by atoms with E-state index in [9.17, 15) is 4.79 Å². The number of hydrogen-bond donors (Lipinski definition) is 2. The molecule has 5 nitrogen and oxygen atoms in total. The van der Waals surface area contributed by atoms with E-state index in [1.165, 1.54) is 0 Å². The Bertz CT molecular complexity index is 405. The number of carbonyl (C=O) groups excluding carboxylic acids is 1. The van der Waals surface area contributed by atoms with Gasteiger partial charge in [0.2, 0.25) is 5.91 Å². The van der Waals surface area contributed by atoms with Crippen molar-refractivity contribution in [3.8, 4) is 0 Å². The molecule has 1 amide bonds. The van der Waals surface area contributed by atoms with Gasteiger partial charge < -0.3 is 15.4 Å². The Kier molecular flexibility index (Phi) is 4.28. The van der Waals surface area contributed by atoms with Crippen LogP contribution in [0.15, 0.2) is 18.3 Å². The zero-order valence-corrected chi connectivity index (χ0v) is 10.8. The number of anilines is 1. The van der Waals surface area contributed by atoms with Gasteiger partial charge in [-0.1, -0.05) is 13.0 Å². The molecule has 2 unspecified atom stereocenters. The molecule has 2 rings (SSSR count). The minimum absolute atomic E-state index is 0.0326. The fourth-order valence-electron chi connectivity index (χ4n) is 2.04. The monoisotopic (exact) mass is 249 g/mol. The number of likely N-dealkylation sites (N-methyl/N-ethyl adjacent to an activating group) is 1. The van der Waals surface area contributed by atoms with Crippen LogP contribution in [0, 0.1) is 12.8 Å². The Morgan fingerprint density at radius 3 is 3.00 bits per heavy atom. The first kappa shape index (κ1) is 13.0. The maximum Gasteiger partial charge on any atom is 0.232 e. The summed E-state index contributed by atoms with van der Waals surface area (Å²) in [5.41, 5.74) is 1.07. The van der Waals surface area contributed by atoms with E-state index >= 15 is 0 Å². The van der Waals surface area contributed by atoms with Crippen molar-refractivity contribution in [2.45, 2.75) is 19.9 Å². The normalized spacial score (nSPS) is 23.0. The smallest absolute Gasteiger partial charge is 0.232 e. The number of pyridine rings is 1. The van der Waals surface area contributed by atoms with Gasteiger partial charge in [0.05, 0.1) is 19.1 Å². The highest BCUT2D eigenvalue weighted by molar-refractivity contribution is 5.92. The van der Waals surface area contributed by atoms with Crippen molar-refractivity contribution >= 4 is 11.7 Å². The summed E-state index contributed by atoms with van der Waals surface area (Å²) in [4.78, 5) is 16.3. The number of amides is 1. The van der Waals surface area contributed by atoms with Crippen LogP contribution in [-0.4, -0.2) is 36.7 Å². The Morgan fingerprint density at radius 1 is 1.50 bits per heavy atom. The van der Waals surface area contributed by atoms with Gasteiger partial charge in [-0.05, 0) is 25.1 Å². The number of nitrogens with one attached hydrogen (secondary N) is 2. The number of carbonyl (C=O) groups is 1. The third-order valence-corrected chi connectivity index (χ3v) is 3.05. The van der Waals surface area contributed by atoms with Crippen molar-refractivity contribution in [3.05, 3.63) is 23.9 Å². The Balaban J connectivity index is 1.96. The molecule has 2 atom stereocenters. The van der Waals surface area contributed by atoms with Crippen molar-refractivity contribution in [2.75, 3.05) is 25.1 Å². The lowest BCUT2D eigenvalue weighted by Gasteiger charge is -2.17. The number of aryl methyl sites for hydroxylation is 1. The summed E-state index contributed by atoms with van der Waals surface area (Å²) in [6, 6.07) is 3.83. The van der Waals surface area contributed by atoms with Gasteiger partial charge in [0.15, 0.2) is 0 Å². The molecule has 2 heterocycles. The van der Waals surface area contributed by atoms with E-state index in [-0.39, 0.29) is 17.9 Å². The van der Waals surface area contributed by atoms with E-state index in [0.29, 0.717) is 19.0 Å². The Morgan fingerprint density at radius 2 is 2.33 bits per heavy atom. The van der Waals surface area contributed by atoms with Gasteiger partial charge in [0.1, 0.15) is 5.82 Å². The highest BCUT2D eigenvalue weighted by Gasteiger charge is 2.33. The first-order valence-corrected chi connectivity index (χ1v) is 6.25. The van der Waals surface area contributed by atoms with E-state index in [4.69, 9.17) is 4.74 Å². The second kappa shape index (κ2) is 5.93. The maximum atomic E-state index is 12.1. The molecule has 98 valence electrons. The fourth-order valence-corrected chi connectivity index (χ4v) is 2.04. The third kappa shape index (κ3) is 3.05. The summed E-state index contributed by atoms with van der Waals surface area (Å²) < 4.78 is 5.36. The van der Waals surface area contributed by atoms with Crippen LogP contribution in [0.25, 0.3) is 0 Å². The second-order valence-corrected chi connectivity index (χ2v) is 4.52. The standard InChI is InChI=1S/C13H19N3O2/c1-3-14-11-8-18-7-10(11)13(17)16-12-5-4-9(2)6-15-12/h4-6,10-11,14H,3,7-8H2,1-2H3,(H,15,16,17). The van der Waals surface area contributed by atoms with Gasteiger partial charge >= 0.3 is 0 Å². The molecular weight excluding hydrogens is 230 g/mol. The molecule has 18 heavy (non-hydrogen) atoms. The highest BCUT2D eigenvalue weighted by Crippen LogP contribution is 2.16. The predicted molar refractivity (Wildman–Crippen MR) is 69.4 cm³/mol. The van der Waals surface area contributed by atoms with Gasteiger partial charge in [-0.25, -0.2) is 4.98 Å². The summed E-state index contributed by atoms with van der Waals surface area (Å²) >= 11 is 0. The van der Waals surface area contributed by atoms with Gasteiger partial charge in [0, 0.05) is 12.2 Å². The molecule has 1 saturated heterocycles. The molecule has 0 aliphatic carbocycles. The van der Waals surface area contributed by atoms with Crippen LogP contribution in [0.1, 0.15) is 12.5 Å². The van der Waals surface area contributed by atoms with E-state index in [1.54, 1.807) is 6.20 Å². The molecule has 5 heteroatoms. The lowest BCUT2D eigenvalue weighted by atomic mass is 10.0. The topological polar surface area (TPSA) is 63.2 Å². The quantitative estimate of drug-likeness (QED) is 0.834. The molecule has 1 aliphatic heterocycles. The minimum atomic E-state index is -0.145. The highest BCUT2D eigenvalue weighted by atomic mass is 16.5. The molecule has 0 radical (unpaired) electrons. The van der Waals surface area contributed by atoms with Gasteiger partial charge in [-0.15, -0.1) is 0 Å². The van der Waals surface area contributed by atoms with Crippen LogP contribution in [-0.2, 0) is 9.53 Å². The van der Waals surface area contributed by atoms with Crippen molar-refractivity contribution in [3.63, 3.8) is 0 Å². The maximum absolute atomic E-state index is 12.1. The summed E-state index contributed by atoms with van der Waals surface area (Å²) in [6.07, 6.45) is 1.74. The first-order valence-electron chi connectivity index (χ1n) is 6.25. The van der Waals surface area contributed by atoms with Gasteiger partial charge in [0.25, 0.3) is 0 Å². The summed E-state index contributed by atoms with van der Waals surface area (Å²) in [5, 5.41) is 6.09. The number of rotatable bonds is 4. The largest absolute Gasteiger partial charge is 0.379 e. The van der Waals surface area contributed by atoms with E-state index in [0.717, 1.165) is 12.1 Å². The van der Waals surface area contributed by atoms with Crippen molar-refractivity contribution in [1.82, 2.24) is 10.3 Å². The molecule has 0 bridgehead atoms. The number of nitrogens with zero attached hydrogens (tertiary/aromatic N) is 1. The molecule has 1 aliphatic rings. The van der Waals surface area contributed by atoms with E-state index < -0.39 is 0 Å². The van der Waals surface area contributed by atoms with Crippen molar-refractivity contribution < 1.29 is 9.53 Å². The van der Waals surface area contributed by atoms with Crippen LogP contribution in [0.4, 0.5) is 5.82 Å². The Labute approximate surface area is 107 Å². The third-order valence-electron chi connectivity index (χ3n) is 3.05. The lowest BCUT2D eigenvalue weighted by Crippen LogP contribution is -2.41. The molecule has 0 aromatic carbocycles. The molecule has 1 aromatic rings. The Hall–Kier alpha value is -1.46. The predicted octanol–water partition coefficient (Wildman–Crippen LogP) is 0.953. The van der Waals surface area contributed by atoms with Crippen LogP contribution >= 0.6 is 0 Å². The van der Waals surface area contributed by atoms with Crippen LogP contribution in [0.3, 0.4) is 0 Å². The average molecular weight is 249 g/mol. The van der Waals surface area contributed by atoms with Gasteiger partial charge in [-0.3, -0.25) is 4.79 Å². The summed E-state index contributed by atoms with van der Waals surface area (Å²) in [7, 11) is 0. The number of hydrogen-bond acceptors (Lipinski definition) is 4. The molecule has 0 saturated carbocycles. The van der Waals surface area contributed by atoms with Crippen molar-refractivity contribution in [2.24, 2.45) is 5.92 Å². The summed E-state index contributed by atoms with van der Waals surface area (Å²) in [5.74, 6) is 0.413. The van der Waals surface area contributed by atoms with Crippen LogP contribution in [0.2, 0.25) is 0 Å². The van der Waals surface area contributed by atoms with Crippen LogP contribution in [0.5, 0.6) is 0 Å². The molecule has 2 N–H and O–H groups in total. The fraction of sp³-hybridized carbons (Fsp3) is 0.538. The average Bonchev–Trinajstić information content (AvgIpc) is 2.81. The van der Waals surface area contributed by atoms with E-state index in [1.807, 2.05) is 26.0 Å². The SMILES string of the molecule is CCNC1COCC1C(=O)Nc1ccc(C)cn1. The molecular formula is C13H19N3O2. The molecule has 1 aromatic heterocycles. The first-order chi connectivity index (χ1) is 8.70. The van der Waals surface area contributed by atoms with Crippen molar-refractivity contribution in [1.29, 1.82) is 0 Å². The van der Waals surface area contributed by atoms with E-state index in [2.05, 4.69) is 15.6 Å². The minimum Gasteiger partial charge on any atom is -0.379 e.